The first kappa shape index (κ1) is 17.7. The highest BCUT2D eigenvalue weighted by atomic mass is 35.5. The predicted molar refractivity (Wildman–Crippen MR) is 86.1 cm³/mol. The number of hydrogen-bond acceptors (Lipinski definition) is 3. The first-order valence-corrected chi connectivity index (χ1v) is 7.68. The van der Waals surface area contributed by atoms with Crippen molar-refractivity contribution in [3.63, 3.8) is 0 Å². The molecule has 0 radical (unpaired) electrons. The molecule has 1 aromatic carbocycles. The average molecular weight is 362 g/mol. The second kappa shape index (κ2) is 7.75. The number of likely N-dealkylation sites (tertiary alicyclic amines) is 1. The number of amides is 1. The number of benzene rings is 1. The molecule has 0 atom stereocenters. The molecule has 1 aliphatic heterocycles. The van der Waals surface area contributed by atoms with Gasteiger partial charge in [0.15, 0.2) is 0 Å². The maximum Gasteiger partial charge on any atom is 0.272 e. The van der Waals surface area contributed by atoms with Crippen LogP contribution in [0, 0.1) is 5.41 Å². The molecule has 1 aliphatic rings. The van der Waals surface area contributed by atoms with Crippen LogP contribution in [0.3, 0.4) is 0 Å². The number of rotatable bonds is 5. The molecule has 1 amide bonds. The lowest BCUT2D eigenvalue weighted by molar-refractivity contribution is -0.126. The minimum absolute atomic E-state index is 0.116. The predicted octanol–water partition coefficient (Wildman–Crippen LogP) is 3.40. The molecule has 8 heteroatoms. The largest absolute Gasteiger partial charge is 0.371 e. The van der Waals surface area contributed by atoms with Crippen molar-refractivity contribution in [2.24, 2.45) is 0 Å². The number of nitrogens with zero attached hydrogens (tertiary/aromatic N) is 1. The van der Waals surface area contributed by atoms with Crippen molar-refractivity contribution in [3.05, 3.63) is 45.6 Å². The van der Waals surface area contributed by atoms with Gasteiger partial charge in [0, 0.05) is 23.7 Å². The summed E-state index contributed by atoms with van der Waals surface area (Å²) in [7, 11) is 0. The third kappa shape index (κ3) is 4.42. The van der Waals surface area contributed by atoms with Gasteiger partial charge in [-0.05, 0) is 18.1 Å². The van der Waals surface area contributed by atoms with Crippen LogP contribution >= 0.6 is 23.2 Å². The Morgan fingerprint density at radius 1 is 1.39 bits per heavy atom. The summed E-state index contributed by atoms with van der Waals surface area (Å²) >= 11 is 12.2. The van der Waals surface area contributed by atoms with Gasteiger partial charge < -0.3 is 10.2 Å². The van der Waals surface area contributed by atoms with Crippen LogP contribution < -0.4 is 5.32 Å². The minimum Gasteiger partial charge on any atom is -0.371 e. The molecule has 1 fully saturated rings. The summed E-state index contributed by atoms with van der Waals surface area (Å²) in [6.45, 7) is -0.214. The Hall–Kier alpha value is -1.66. The van der Waals surface area contributed by atoms with Crippen LogP contribution in [-0.4, -0.2) is 36.0 Å². The van der Waals surface area contributed by atoms with Crippen LogP contribution in [-0.2, 0) is 11.3 Å². The number of alkyl halides is 2. The Morgan fingerprint density at radius 3 is 2.74 bits per heavy atom. The van der Waals surface area contributed by atoms with E-state index < -0.39 is 18.9 Å². The second-order valence-electron chi connectivity index (χ2n) is 5.00. The maximum atomic E-state index is 12.4. The molecule has 1 saturated heterocycles. The van der Waals surface area contributed by atoms with E-state index in [1.54, 1.807) is 12.1 Å². The summed E-state index contributed by atoms with van der Waals surface area (Å²) in [5.41, 5.74) is 0.795. The Labute approximate surface area is 142 Å². The molecular weight excluding hydrogens is 347 g/mol. The fourth-order valence-corrected chi connectivity index (χ4v) is 2.70. The lowest BCUT2D eigenvalue weighted by Gasteiger charge is -2.29. The fraction of sp³-hybridized carbons (Fsp3) is 0.333. The number of halogens is 4. The van der Waals surface area contributed by atoms with E-state index in [1.807, 2.05) is 12.1 Å². The smallest absolute Gasteiger partial charge is 0.272 e. The third-order valence-corrected chi connectivity index (χ3v) is 4.18. The zero-order valence-corrected chi connectivity index (χ0v) is 13.6. The van der Waals surface area contributed by atoms with Gasteiger partial charge in [0.05, 0.1) is 6.54 Å². The van der Waals surface area contributed by atoms with E-state index in [0.29, 0.717) is 17.1 Å². The van der Waals surface area contributed by atoms with Crippen molar-refractivity contribution in [1.29, 1.82) is 5.41 Å². The standard InChI is InChI=1S/C15H15Cl2F2N3O/c16-11-4-2-1-3-9(11)7-21-14(17)10-5-6-22(8-12(18)19)15(23)13(10)20/h1-4,12,20-21H,5-8H2/b14-10-,20-13?. The molecule has 124 valence electrons. The highest BCUT2D eigenvalue weighted by Crippen LogP contribution is 2.21. The van der Waals surface area contributed by atoms with Crippen molar-refractivity contribution in [3.8, 4) is 0 Å². The Balaban J connectivity index is 2.05. The van der Waals surface area contributed by atoms with E-state index in [2.05, 4.69) is 5.32 Å². The molecular formula is C15H15Cl2F2N3O. The average Bonchev–Trinajstić information content (AvgIpc) is 2.50. The molecule has 2 N–H and O–H groups in total. The number of piperidine rings is 1. The summed E-state index contributed by atoms with van der Waals surface area (Å²) in [6, 6.07) is 7.21. The van der Waals surface area contributed by atoms with E-state index in [4.69, 9.17) is 28.6 Å². The summed E-state index contributed by atoms with van der Waals surface area (Å²) in [5, 5.41) is 11.5. The molecule has 0 saturated carbocycles. The number of carbonyl (C=O) groups excluding carboxylic acids is 1. The van der Waals surface area contributed by atoms with Crippen molar-refractivity contribution in [2.75, 3.05) is 13.1 Å². The molecule has 23 heavy (non-hydrogen) atoms. The normalized spacial score (nSPS) is 17.7. The minimum atomic E-state index is -2.62. The number of hydrogen-bond donors (Lipinski definition) is 2. The molecule has 0 spiro atoms. The van der Waals surface area contributed by atoms with Crippen LogP contribution in [0.25, 0.3) is 0 Å². The van der Waals surface area contributed by atoms with Gasteiger partial charge in [0.25, 0.3) is 12.3 Å². The van der Waals surface area contributed by atoms with Crippen LogP contribution in [0.15, 0.2) is 35.0 Å². The fourth-order valence-electron chi connectivity index (χ4n) is 2.24. The van der Waals surface area contributed by atoms with Gasteiger partial charge in [-0.3, -0.25) is 10.2 Å². The molecule has 1 aromatic rings. The molecule has 0 aromatic heterocycles. The van der Waals surface area contributed by atoms with E-state index in [0.717, 1.165) is 10.5 Å². The molecule has 0 bridgehead atoms. The van der Waals surface area contributed by atoms with Crippen LogP contribution in [0.1, 0.15) is 12.0 Å². The Morgan fingerprint density at radius 2 is 2.09 bits per heavy atom. The zero-order valence-electron chi connectivity index (χ0n) is 12.1. The van der Waals surface area contributed by atoms with E-state index in [-0.39, 0.29) is 23.8 Å². The van der Waals surface area contributed by atoms with E-state index in [9.17, 15) is 13.6 Å². The summed E-state index contributed by atoms with van der Waals surface area (Å²) in [4.78, 5) is 12.9. The van der Waals surface area contributed by atoms with E-state index in [1.165, 1.54) is 0 Å². The topological polar surface area (TPSA) is 56.2 Å². The van der Waals surface area contributed by atoms with Gasteiger partial charge in [-0.15, -0.1) is 0 Å². The quantitative estimate of drug-likeness (QED) is 0.789. The lowest BCUT2D eigenvalue weighted by Crippen LogP contribution is -2.45. The van der Waals surface area contributed by atoms with Crippen LogP contribution in [0.5, 0.6) is 0 Å². The van der Waals surface area contributed by atoms with Crippen molar-refractivity contribution < 1.29 is 13.6 Å². The highest BCUT2D eigenvalue weighted by molar-refractivity contribution is 6.47. The van der Waals surface area contributed by atoms with Crippen LogP contribution in [0.4, 0.5) is 8.78 Å². The first-order valence-electron chi connectivity index (χ1n) is 6.92. The van der Waals surface area contributed by atoms with E-state index >= 15 is 0 Å². The van der Waals surface area contributed by atoms with Gasteiger partial charge in [0.1, 0.15) is 10.9 Å². The zero-order chi connectivity index (χ0) is 17.0. The molecule has 1 heterocycles. The monoisotopic (exact) mass is 361 g/mol. The van der Waals surface area contributed by atoms with Crippen molar-refractivity contribution in [1.82, 2.24) is 10.2 Å². The summed E-state index contributed by atoms with van der Waals surface area (Å²) in [5.74, 6) is -0.732. The van der Waals surface area contributed by atoms with Crippen molar-refractivity contribution in [2.45, 2.75) is 19.4 Å². The number of carbonyl (C=O) groups is 1. The van der Waals surface area contributed by atoms with Crippen molar-refractivity contribution >= 4 is 34.8 Å². The van der Waals surface area contributed by atoms with Gasteiger partial charge in [0.2, 0.25) is 0 Å². The first-order chi connectivity index (χ1) is 10.9. The Kier molecular flexibility index (Phi) is 5.96. The second-order valence-corrected chi connectivity index (χ2v) is 5.79. The SMILES string of the molecule is N=C1C(=O)N(CC(F)F)CC/C1=C(\Cl)NCc1ccccc1Cl. The van der Waals surface area contributed by atoms with Gasteiger partial charge in [-0.2, -0.15) is 0 Å². The van der Waals surface area contributed by atoms with Crippen LogP contribution in [0.2, 0.25) is 5.02 Å². The lowest BCUT2D eigenvalue weighted by atomic mass is 10.0. The van der Waals surface area contributed by atoms with Gasteiger partial charge >= 0.3 is 0 Å². The summed E-state index contributed by atoms with van der Waals surface area (Å²) in [6.07, 6.45) is -2.36. The molecule has 2 rings (SSSR count). The highest BCUT2D eigenvalue weighted by Gasteiger charge is 2.30. The third-order valence-electron chi connectivity index (χ3n) is 3.45. The maximum absolute atomic E-state index is 12.4. The summed E-state index contributed by atoms with van der Waals surface area (Å²) < 4.78 is 24.8. The van der Waals surface area contributed by atoms with Gasteiger partial charge in [-0.1, -0.05) is 41.4 Å². The number of nitrogens with one attached hydrogen (secondary N) is 2. The Bertz CT molecular complexity index is 649. The molecule has 0 aliphatic carbocycles. The molecule has 4 nitrogen and oxygen atoms in total. The van der Waals surface area contributed by atoms with Gasteiger partial charge in [-0.25, -0.2) is 8.78 Å². The molecule has 0 unspecified atom stereocenters.